The molecular weight excluding hydrogens is 456 g/mol. The van der Waals surface area contributed by atoms with Gasteiger partial charge in [-0.2, -0.15) is 10.2 Å². The van der Waals surface area contributed by atoms with E-state index in [0.717, 1.165) is 21.2 Å². The first-order valence-corrected chi connectivity index (χ1v) is 10.8. The second kappa shape index (κ2) is 8.47. The Labute approximate surface area is 188 Å². The van der Waals surface area contributed by atoms with Crippen LogP contribution in [-0.2, 0) is 5.54 Å². The predicted molar refractivity (Wildman–Crippen MR) is 123 cm³/mol. The third-order valence-electron chi connectivity index (χ3n) is 5.53. The van der Waals surface area contributed by atoms with Gasteiger partial charge in [-0.3, -0.25) is 4.79 Å². The van der Waals surface area contributed by atoms with E-state index in [4.69, 9.17) is 0 Å². The van der Waals surface area contributed by atoms with Gasteiger partial charge in [0.2, 0.25) is 0 Å². The van der Waals surface area contributed by atoms with Crippen LogP contribution in [0.25, 0.3) is 5.70 Å². The van der Waals surface area contributed by atoms with E-state index in [1.807, 2.05) is 19.1 Å². The van der Waals surface area contributed by atoms with Crippen LogP contribution >= 0.6 is 15.9 Å². The first-order chi connectivity index (χ1) is 14.9. The fourth-order valence-electron chi connectivity index (χ4n) is 3.95. The van der Waals surface area contributed by atoms with Crippen LogP contribution in [-0.4, -0.2) is 16.0 Å². The highest BCUT2D eigenvalue weighted by Crippen LogP contribution is 2.49. The molecule has 1 aliphatic heterocycles. The summed E-state index contributed by atoms with van der Waals surface area (Å²) in [6.45, 7) is 2.02. The summed E-state index contributed by atoms with van der Waals surface area (Å²) in [5.74, 6) is 0.277. The number of benzene rings is 3. The molecule has 6 heteroatoms. The van der Waals surface area contributed by atoms with Crippen LogP contribution in [0.3, 0.4) is 0 Å². The van der Waals surface area contributed by atoms with Gasteiger partial charge in [0.1, 0.15) is 17.0 Å². The summed E-state index contributed by atoms with van der Waals surface area (Å²) in [6, 6.07) is 20.9. The second-order valence-corrected chi connectivity index (χ2v) is 8.36. The smallest absolute Gasteiger partial charge is 0.166 e. The van der Waals surface area contributed by atoms with Crippen molar-refractivity contribution in [3.63, 3.8) is 0 Å². The maximum atomic E-state index is 13.3. The van der Waals surface area contributed by atoms with Gasteiger partial charge in [-0.05, 0) is 66.1 Å². The van der Waals surface area contributed by atoms with Gasteiger partial charge in [-0.15, -0.1) is 0 Å². The zero-order valence-corrected chi connectivity index (χ0v) is 18.5. The van der Waals surface area contributed by atoms with Gasteiger partial charge in [-0.1, -0.05) is 47.1 Å². The van der Waals surface area contributed by atoms with Crippen LogP contribution in [0.4, 0.5) is 0 Å². The Bertz CT molecular complexity index is 1170. The molecule has 0 spiro atoms. The Hall–Kier alpha value is -3.25. The van der Waals surface area contributed by atoms with Gasteiger partial charge in [0.05, 0.1) is 5.70 Å². The number of rotatable bonds is 6. The summed E-state index contributed by atoms with van der Waals surface area (Å²) >= 11 is 3.40. The summed E-state index contributed by atoms with van der Waals surface area (Å²) in [4.78, 5) is 13.3. The lowest BCUT2D eigenvalue weighted by Gasteiger charge is -2.28. The van der Waals surface area contributed by atoms with E-state index >= 15 is 0 Å². The van der Waals surface area contributed by atoms with E-state index in [-0.39, 0.29) is 23.7 Å². The lowest BCUT2D eigenvalue weighted by atomic mass is 9.76. The van der Waals surface area contributed by atoms with Crippen LogP contribution in [0.2, 0.25) is 0 Å². The Balaban J connectivity index is 1.84. The van der Waals surface area contributed by atoms with Crippen molar-refractivity contribution in [2.75, 3.05) is 0 Å². The molecule has 1 heterocycles. The van der Waals surface area contributed by atoms with Crippen LogP contribution in [0, 0.1) is 0 Å². The van der Waals surface area contributed by atoms with Crippen LogP contribution < -0.4 is 0 Å². The monoisotopic (exact) mass is 476 g/mol. The molecule has 1 atom stereocenters. The molecule has 156 valence electrons. The summed E-state index contributed by atoms with van der Waals surface area (Å²) < 4.78 is 0.904. The number of phenols is 2. The average Bonchev–Trinajstić information content (AvgIpc) is 3.14. The maximum absolute atomic E-state index is 13.3. The molecule has 0 fully saturated rings. The Kier molecular flexibility index (Phi) is 5.74. The molecule has 0 amide bonds. The van der Waals surface area contributed by atoms with E-state index in [9.17, 15) is 15.0 Å². The topological polar surface area (TPSA) is 82.2 Å². The number of azo groups is 1. The second-order valence-electron chi connectivity index (χ2n) is 7.44. The highest BCUT2D eigenvalue weighted by atomic mass is 79.9. The molecule has 0 bridgehead atoms. The zero-order valence-electron chi connectivity index (χ0n) is 16.9. The first-order valence-electron chi connectivity index (χ1n) is 9.97. The molecule has 31 heavy (non-hydrogen) atoms. The van der Waals surface area contributed by atoms with Crippen molar-refractivity contribution in [2.45, 2.75) is 25.3 Å². The van der Waals surface area contributed by atoms with Gasteiger partial charge >= 0.3 is 0 Å². The highest BCUT2D eigenvalue weighted by molar-refractivity contribution is 9.10. The average molecular weight is 477 g/mol. The predicted octanol–water partition coefficient (Wildman–Crippen LogP) is 6.62. The van der Waals surface area contributed by atoms with Gasteiger partial charge in [-0.25, -0.2) is 0 Å². The van der Waals surface area contributed by atoms with Crippen molar-refractivity contribution >= 4 is 27.4 Å². The number of halogens is 1. The largest absolute Gasteiger partial charge is 0.508 e. The van der Waals surface area contributed by atoms with Crippen LogP contribution in [0.5, 0.6) is 11.5 Å². The molecule has 3 aromatic rings. The molecule has 1 unspecified atom stereocenters. The fourth-order valence-corrected chi connectivity index (χ4v) is 4.21. The minimum Gasteiger partial charge on any atom is -0.508 e. The quantitative estimate of drug-likeness (QED) is 0.392. The van der Waals surface area contributed by atoms with Gasteiger partial charge in [0.15, 0.2) is 5.78 Å². The Morgan fingerprint density at radius 2 is 1.48 bits per heavy atom. The van der Waals surface area contributed by atoms with E-state index < -0.39 is 5.54 Å². The Morgan fingerprint density at radius 3 is 2.06 bits per heavy atom. The van der Waals surface area contributed by atoms with Crippen molar-refractivity contribution in [3.8, 4) is 11.5 Å². The lowest BCUT2D eigenvalue weighted by molar-refractivity contribution is 0.0958. The molecular formula is C25H21BrN2O3. The first kappa shape index (κ1) is 21.0. The lowest BCUT2D eigenvalue weighted by Crippen LogP contribution is -2.28. The number of carbonyl (C=O) groups excluding carboxylic acids is 1. The maximum Gasteiger partial charge on any atom is 0.166 e. The zero-order chi connectivity index (χ0) is 22.0. The SMILES string of the molecule is CCC1=C(c2ccc(O)cc2)N=NC1(CC(=O)c1ccc(Br)cc1)c1ccc(O)cc1. The van der Waals surface area contributed by atoms with Crippen LogP contribution in [0.1, 0.15) is 41.3 Å². The normalized spacial score (nSPS) is 17.9. The number of hydrogen-bond acceptors (Lipinski definition) is 5. The summed E-state index contributed by atoms with van der Waals surface area (Å²) in [5, 5.41) is 28.6. The third-order valence-corrected chi connectivity index (χ3v) is 6.06. The van der Waals surface area contributed by atoms with Crippen molar-refractivity contribution < 1.29 is 15.0 Å². The third kappa shape index (κ3) is 4.03. The Morgan fingerprint density at radius 1 is 0.903 bits per heavy atom. The van der Waals surface area contributed by atoms with E-state index in [2.05, 4.69) is 26.2 Å². The van der Waals surface area contributed by atoms with Gasteiger partial charge in [0.25, 0.3) is 0 Å². The molecule has 4 rings (SSSR count). The van der Waals surface area contributed by atoms with Crippen molar-refractivity contribution in [1.82, 2.24) is 0 Å². The molecule has 0 aliphatic carbocycles. The highest BCUT2D eigenvalue weighted by Gasteiger charge is 2.43. The van der Waals surface area contributed by atoms with E-state index in [1.165, 1.54) is 0 Å². The molecule has 1 aliphatic rings. The minimum absolute atomic E-state index is 0.0440. The number of hydrogen-bond donors (Lipinski definition) is 2. The number of phenolic OH excluding ortho intramolecular Hbond substituents is 2. The molecule has 5 nitrogen and oxygen atoms in total. The van der Waals surface area contributed by atoms with Gasteiger partial charge < -0.3 is 10.2 Å². The summed E-state index contributed by atoms with van der Waals surface area (Å²) in [5.41, 5.74) is 2.90. The molecule has 3 aromatic carbocycles. The molecule has 0 saturated carbocycles. The van der Waals surface area contributed by atoms with Crippen molar-refractivity contribution in [3.05, 3.63) is 99.5 Å². The van der Waals surface area contributed by atoms with E-state index in [0.29, 0.717) is 17.7 Å². The standard InChI is InChI=1S/C25H21BrN2O3/c1-2-22-24(17-5-11-20(29)12-6-17)27-28-25(22,18-7-13-21(30)14-8-18)15-23(31)16-3-9-19(26)10-4-16/h3-14,29-30H,2,15H2,1H3. The summed E-state index contributed by atoms with van der Waals surface area (Å²) in [7, 11) is 0. The molecule has 0 radical (unpaired) electrons. The van der Waals surface area contributed by atoms with E-state index in [1.54, 1.807) is 60.7 Å². The number of nitrogens with zero attached hydrogens (tertiary/aromatic N) is 2. The number of aromatic hydroxyl groups is 2. The fraction of sp³-hybridized carbons (Fsp3) is 0.160. The number of Topliss-reactive ketones (excluding diaryl/α,β-unsaturated/α-hetero) is 1. The van der Waals surface area contributed by atoms with Crippen LogP contribution in [0.15, 0.2) is 93.1 Å². The van der Waals surface area contributed by atoms with Crippen molar-refractivity contribution in [2.24, 2.45) is 10.2 Å². The van der Waals surface area contributed by atoms with Gasteiger partial charge in [0, 0.05) is 22.0 Å². The minimum atomic E-state index is -0.959. The summed E-state index contributed by atoms with van der Waals surface area (Å²) in [6.07, 6.45) is 0.755. The molecule has 0 aromatic heterocycles. The molecule has 0 saturated heterocycles. The molecule has 2 N–H and O–H groups in total. The number of carbonyl (C=O) groups is 1. The number of ketones is 1. The van der Waals surface area contributed by atoms with Crippen molar-refractivity contribution in [1.29, 1.82) is 0 Å².